The fraction of sp³-hybridized carbons (Fsp3) is 0.250. The maximum absolute atomic E-state index is 12.7. The number of aliphatic carboxylic acids is 2. The van der Waals surface area contributed by atoms with E-state index in [4.69, 9.17) is 0 Å². The molecule has 35 heavy (non-hydrogen) atoms. The van der Waals surface area contributed by atoms with E-state index in [1.54, 1.807) is 0 Å². The second-order valence-electron chi connectivity index (χ2n) is 8.55. The summed E-state index contributed by atoms with van der Waals surface area (Å²) in [4.78, 5) is 37.5. The molecule has 3 rings (SSSR count). The second kappa shape index (κ2) is 12.4. The number of carbonyl (C=O) groups excluding carboxylic acids is 1. The molecule has 0 aliphatic heterocycles. The van der Waals surface area contributed by atoms with Crippen molar-refractivity contribution in [3.05, 3.63) is 96.1 Å². The number of urea groups is 1. The highest BCUT2D eigenvalue weighted by atomic mass is 16.4. The molecule has 0 aromatic heterocycles. The largest absolute Gasteiger partial charge is 0.481 e. The maximum atomic E-state index is 12.7. The number of carboxylic acid groups (broad SMARTS) is 2. The van der Waals surface area contributed by atoms with Gasteiger partial charge in [0.2, 0.25) is 0 Å². The number of carboxylic acids is 2. The van der Waals surface area contributed by atoms with E-state index in [9.17, 15) is 24.6 Å². The smallest absolute Gasteiger partial charge is 0.326 e. The number of nitrogens with one attached hydrogen (secondary N) is 1. The molecule has 0 fully saturated rings. The number of rotatable bonds is 11. The third kappa shape index (κ3) is 7.71. The molecule has 1 unspecified atom stereocenters. The van der Waals surface area contributed by atoms with Crippen molar-refractivity contribution in [2.75, 3.05) is 13.6 Å². The molecule has 0 spiro atoms. The lowest BCUT2D eigenvalue weighted by Gasteiger charge is -2.24. The minimum atomic E-state index is -1.15. The Morgan fingerprint density at radius 2 is 1.34 bits per heavy atom. The van der Waals surface area contributed by atoms with E-state index < -0.39 is 29.9 Å². The first-order valence-corrected chi connectivity index (χ1v) is 11.5. The van der Waals surface area contributed by atoms with Crippen molar-refractivity contribution in [3.8, 4) is 11.1 Å². The van der Waals surface area contributed by atoms with Gasteiger partial charge in [0.1, 0.15) is 6.04 Å². The molecule has 7 heteroatoms. The molecular weight excluding hydrogens is 444 g/mol. The monoisotopic (exact) mass is 474 g/mol. The molecule has 2 atom stereocenters. The zero-order valence-corrected chi connectivity index (χ0v) is 19.6. The summed E-state index contributed by atoms with van der Waals surface area (Å²) >= 11 is 0. The number of amides is 2. The summed E-state index contributed by atoms with van der Waals surface area (Å²) in [6.07, 6.45) is 1.05. The second-order valence-corrected chi connectivity index (χ2v) is 8.55. The fourth-order valence-electron chi connectivity index (χ4n) is 3.85. The molecular formula is C28H30N2O5. The van der Waals surface area contributed by atoms with Gasteiger partial charge in [-0.1, -0.05) is 84.9 Å². The van der Waals surface area contributed by atoms with Gasteiger partial charge in [0.05, 0.1) is 5.92 Å². The Labute approximate surface area is 205 Å². The van der Waals surface area contributed by atoms with Crippen LogP contribution in [0.5, 0.6) is 0 Å². The standard InChI is InChI=1S/C28H30N2O5/c1-30(19-24(26(31)32)17-12-20-8-4-2-5-9-20)28(35)29-25(27(33)34)18-21-13-15-23(16-14-21)22-10-6-3-7-11-22/h2-11,13-16,24-25H,12,17-19H2,1H3,(H,29,35)(H,31,32)(H,33,34)/t24?,25-/m0/s1. The molecule has 182 valence electrons. The van der Waals surface area contributed by atoms with Crippen LogP contribution < -0.4 is 5.32 Å². The third-order valence-electron chi connectivity index (χ3n) is 5.91. The van der Waals surface area contributed by atoms with Crippen LogP contribution in [-0.4, -0.2) is 52.7 Å². The van der Waals surface area contributed by atoms with Crippen molar-refractivity contribution in [3.63, 3.8) is 0 Å². The van der Waals surface area contributed by atoms with Crippen LogP contribution in [0.15, 0.2) is 84.9 Å². The number of carbonyl (C=O) groups is 3. The van der Waals surface area contributed by atoms with Crippen molar-refractivity contribution < 1.29 is 24.6 Å². The van der Waals surface area contributed by atoms with Crippen molar-refractivity contribution in [1.29, 1.82) is 0 Å². The minimum absolute atomic E-state index is 0.0217. The van der Waals surface area contributed by atoms with Gasteiger partial charge in [0, 0.05) is 20.0 Å². The lowest BCUT2D eigenvalue weighted by atomic mass is 9.99. The van der Waals surface area contributed by atoms with Crippen LogP contribution in [-0.2, 0) is 22.4 Å². The van der Waals surface area contributed by atoms with Crippen molar-refractivity contribution in [1.82, 2.24) is 10.2 Å². The number of hydrogen-bond acceptors (Lipinski definition) is 3. The van der Waals surface area contributed by atoms with E-state index in [2.05, 4.69) is 5.32 Å². The molecule has 3 aromatic rings. The van der Waals surface area contributed by atoms with Crippen LogP contribution in [0.4, 0.5) is 4.79 Å². The molecule has 0 aliphatic rings. The van der Waals surface area contributed by atoms with Crippen LogP contribution in [0.1, 0.15) is 17.5 Å². The molecule has 0 heterocycles. The Morgan fingerprint density at radius 3 is 1.91 bits per heavy atom. The quantitative estimate of drug-likeness (QED) is 0.384. The first kappa shape index (κ1) is 25.5. The molecule has 0 radical (unpaired) electrons. The Morgan fingerprint density at radius 1 is 0.771 bits per heavy atom. The average molecular weight is 475 g/mol. The Hall–Kier alpha value is -4.13. The Balaban J connectivity index is 1.57. The van der Waals surface area contributed by atoms with E-state index in [-0.39, 0.29) is 13.0 Å². The van der Waals surface area contributed by atoms with Gasteiger partial charge in [-0.25, -0.2) is 9.59 Å². The lowest BCUT2D eigenvalue weighted by Crippen LogP contribution is -2.49. The topological polar surface area (TPSA) is 107 Å². The molecule has 0 saturated carbocycles. The molecule has 2 amide bonds. The van der Waals surface area contributed by atoms with E-state index >= 15 is 0 Å². The van der Waals surface area contributed by atoms with E-state index in [1.807, 2.05) is 84.9 Å². The van der Waals surface area contributed by atoms with E-state index in [0.29, 0.717) is 12.8 Å². The first-order valence-electron chi connectivity index (χ1n) is 11.5. The molecule has 3 N–H and O–H groups in total. The van der Waals surface area contributed by atoms with Crippen LogP contribution in [0.2, 0.25) is 0 Å². The van der Waals surface area contributed by atoms with E-state index in [1.165, 1.54) is 11.9 Å². The third-order valence-corrected chi connectivity index (χ3v) is 5.91. The summed E-state index contributed by atoms with van der Waals surface area (Å²) in [5.74, 6) is -2.91. The summed E-state index contributed by atoms with van der Waals surface area (Å²) in [7, 11) is 1.47. The first-order chi connectivity index (χ1) is 16.8. The van der Waals surface area contributed by atoms with Crippen molar-refractivity contribution >= 4 is 18.0 Å². The van der Waals surface area contributed by atoms with Gasteiger partial charge in [-0.05, 0) is 35.1 Å². The highest BCUT2D eigenvalue weighted by Crippen LogP contribution is 2.20. The highest BCUT2D eigenvalue weighted by Gasteiger charge is 2.26. The zero-order valence-electron chi connectivity index (χ0n) is 19.6. The number of aryl methyl sites for hydroxylation is 1. The SMILES string of the molecule is CN(CC(CCc1ccccc1)C(=O)O)C(=O)N[C@@H](Cc1ccc(-c2ccccc2)cc1)C(=O)O. The van der Waals surface area contributed by atoms with Gasteiger partial charge >= 0.3 is 18.0 Å². The zero-order chi connectivity index (χ0) is 25.2. The predicted octanol–water partition coefficient (Wildman–Crippen LogP) is 4.32. The van der Waals surface area contributed by atoms with Crippen LogP contribution in [0, 0.1) is 5.92 Å². The fourth-order valence-corrected chi connectivity index (χ4v) is 3.85. The molecule has 0 saturated heterocycles. The molecule has 0 aliphatic carbocycles. The van der Waals surface area contributed by atoms with Crippen molar-refractivity contribution in [2.45, 2.75) is 25.3 Å². The summed E-state index contributed by atoms with van der Waals surface area (Å²) in [6, 6.07) is 25.1. The molecule has 0 bridgehead atoms. The predicted molar refractivity (Wildman–Crippen MR) is 134 cm³/mol. The Kier molecular flexibility index (Phi) is 9.01. The van der Waals surface area contributed by atoms with Crippen LogP contribution in [0.25, 0.3) is 11.1 Å². The number of nitrogens with zero attached hydrogens (tertiary/aromatic N) is 1. The van der Waals surface area contributed by atoms with Gasteiger partial charge in [0.25, 0.3) is 0 Å². The van der Waals surface area contributed by atoms with Gasteiger partial charge in [-0.15, -0.1) is 0 Å². The van der Waals surface area contributed by atoms with Gasteiger partial charge < -0.3 is 20.4 Å². The summed E-state index contributed by atoms with van der Waals surface area (Å²) in [5, 5.41) is 21.8. The summed E-state index contributed by atoms with van der Waals surface area (Å²) in [5.41, 5.74) is 3.87. The highest BCUT2D eigenvalue weighted by molar-refractivity contribution is 5.83. The average Bonchev–Trinajstić information content (AvgIpc) is 2.87. The van der Waals surface area contributed by atoms with Crippen molar-refractivity contribution in [2.24, 2.45) is 5.92 Å². The van der Waals surface area contributed by atoms with Gasteiger partial charge in [-0.3, -0.25) is 4.79 Å². The van der Waals surface area contributed by atoms with Gasteiger partial charge in [-0.2, -0.15) is 0 Å². The van der Waals surface area contributed by atoms with E-state index in [0.717, 1.165) is 22.3 Å². The summed E-state index contributed by atoms with van der Waals surface area (Å²) < 4.78 is 0. The van der Waals surface area contributed by atoms with Crippen LogP contribution in [0.3, 0.4) is 0 Å². The lowest BCUT2D eigenvalue weighted by molar-refractivity contribution is -0.142. The minimum Gasteiger partial charge on any atom is -0.481 e. The summed E-state index contributed by atoms with van der Waals surface area (Å²) in [6.45, 7) is -0.0217. The number of hydrogen-bond donors (Lipinski definition) is 3. The molecule has 3 aromatic carbocycles. The van der Waals surface area contributed by atoms with Gasteiger partial charge in [0.15, 0.2) is 0 Å². The molecule has 7 nitrogen and oxygen atoms in total. The normalized spacial score (nSPS) is 12.4. The number of benzene rings is 3. The van der Waals surface area contributed by atoms with Crippen LogP contribution >= 0.6 is 0 Å². The Bertz CT molecular complexity index is 1120. The maximum Gasteiger partial charge on any atom is 0.326 e.